The van der Waals surface area contributed by atoms with Crippen molar-refractivity contribution < 1.29 is 35.9 Å². The van der Waals surface area contributed by atoms with Crippen molar-refractivity contribution in [2.75, 3.05) is 32.7 Å². The molecule has 2 fully saturated rings. The summed E-state index contributed by atoms with van der Waals surface area (Å²) in [5.74, 6) is -0.0152. The predicted octanol–water partition coefficient (Wildman–Crippen LogP) is 3.69. The van der Waals surface area contributed by atoms with Crippen LogP contribution in [0.3, 0.4) is 0 Å². The molecule has 2 atom stereocenters. The second kappa shape index (κ2) is 7.67. The van der Waals surface area contributed by atoms with Crippen molar-refractivity contribution in [2.24, 2.45) is 11.8 Å². The van der Waals surface area contributed by atoms with Crippen LogP contribution >= 0.6 is 0 Å². The fraction of sp³-hybridized carbons (Fsp3) is 0.556. The summed E-state index contributed by atoms with van der Waals surface area (Å²) in [5, 5.41) is 0. The molecule has 0 aromatic carbocycles. The zero-order valence-corrected chi connectivity index (χ0v) is 14.6. The molecule has 0 bridgehead atoms. The zero-order valence-electron chi connectivity index (χ0n) is 14.6. The van der Waals surface area contributed by atoms with Crippen LogP contribution in [0.15, 0.2) is 41.7 Å². The first-order valence-corrected chi connectivity index (χ1v) is 8.63. The summed E-state index contributed by atoms with van der Waals surface area (Å²) in [6.45, 7) is 2.05. The number of rotatable bonds is 3. The molecule has 1 amide bonds. The highest BCUT2D eigenvalue weighted by Crippen LogP contribution is 2.37. The Kier molecular flexibility index (Phi) is 5.63. The molecule has 0 aromatic heterocycles. The van der Waals surface area contributed by atoms with Gasteiger partial charge in [0.2, 0.25) is 0 Å². The molecule has 28 heavy (non-hydrogen) atoms. The average molecular weight is 408 g/mol. The van der Waals surface area contributed by atoms with Crippen molar-refractivity contribution in [3.8, 4) is 0 Å². The monoisotopic (exact) mass is 408 g/mol. The van der Waals surface area contributed by atoms with Crippen molar-refractivity contribution in [3.63, 3.8) is 0 Å². The van der Waals surface area contributed by atoms with Gasteiger partial charge in [0.15, 0.2) is 0 Å². The van der Waals surface area contributed by atoms with E-state index in [2.05, 4.69) is 15.4 Å². The lowest BCUT2D eigenvalue weighted by atomic mass is 10.0. The topological polar surface area (TPSA) is 32.8 Å². The number of hydrogen-bond acceptors (Lipinski definition) is 3. The third-order valence-corrected chi connectivity index (χ3v) is 4.94. The molecule has 4 nitrogen and oxygen atoms in total. The minimum atomic E-state index is -5.70. The number of alkyl halides is 6. The highest BCUT2D eigenvalue weighted by molar-refractivity contribution is 5.68. The molecule has 154 valence electrons. The Hall–Kier alpha value is -2.19. The zero-order chi connectivity index (χ0) is 20.5. The van der Waals surface area contributed by atoms with Crippen LogP contribution in [0.5, 0.6) is 0 Å². The van der Waals surface area contributed by atoms with Crippen LogP contribution in [0.25, 0.3) is 0 Å². The van der Waals surface area contributed by atoms with E-state index in [9.17, 15) is 31.1 Å². The lowest BCUT2D eigenvalue weighted by Crippen LogP contribution is -2.48. The molecule has 2 heterocycles. The van der Waals surface area contributed by atoms with Gasteiger partial charge in [-0.1, -0.05) is 12.2 Å². The van der Waals surface area contributed by atoms with Crippen molar-refractivity contribution in [3.05, 3.63) is 41.7 Å². The highest BCUT2D eigenvalue weighted by Gasteiger charge is 2.60. The molecule has 0 radical (unpaired) electrons. The van der Waals surface area contributed by atoms with E-state index in [-0.39, 0.29) is 24.9 Å². The minimum Gasteiger partial charge on any atom is -0.426 e. The molecule has 2 aliphatic heterocycles. The van der Waals surface area contributed by atoms with Crippen LogP contribution in [-0.2, 0) is 4.74 Å². The second-order valence-electron chi connectivity index (χ2n) is 7.07. The van der Waals surface area contributed by atoms with Crippen LogP contribution < -0.4 is 0 Å². The van der Waals surface area contributed by atoms with E-state index in [1.54, 1.807) is 12.2 Å². The second-order valence-corrected chi connectivity index (χ2v) is 7.07. The lowest BCUT2D eigenvalue weighted by molar-refractivity contribution is -0.308. The standard InChI is InChI=1S/C18H18F6N2O2/c19-17(20,21)15(18(22,23)24)28-16(27)26-10-13-8-25(9-14(13)11-26)7-12-5-3-1-2-4-6-12/h1,3-6,13-15H,7-11H2. The van der Waals surface area contributed by atoms with Gasteiger partial charge in [0.1, 0.15) is 0 Å². The van der Waals surface area contributed by atoms with Gasteiger partial charge in [-0.2, -0.15) is 26.3 Å². The van der Waals surface area contributed by atoms with E-state index in [4.69, 9.17) is 0 Å². The number of likely N-dealkylation sites (tertiary alicyclic amines) is 2. The summed E-state index contributed by atoms with van der Waals surface area (Å²) in [5.41, 5.74) is 4.01. The minimum absolute atomic E-state index is 0.00759. The maximum Gasteiger partial charge on any atom is 0.434 e. The summed E-state index contributed by atoms with van der Waals surface area (Å²) in [7, 11) is 0. The number of nitrogens with zero attached hydrogens (tertiary/aromatic N) is 2. The summed E-state index contributed by atoms with van der Waals surface area (Å²) in [6, 6.07) is 0. The van der Waals surface area contributed by atoms with Gasteiger partial charge in [-0.3, -0.25) is 4.90 Å². The van der Waals surface area contributed by atoms with Crippen LogP contribution in [-0.4, -0.2) is 67.1 Å². The van der Waals surface area contributed by atoms with Crippen LogP contribution in [0, 0.1) is 11.8 Å². The van der Waals surface area contributed by atoms with E-state index >= 15 is 0 Å². The number of hydrogen-bond donors (Lipinski definition) is 0. The Morgan fingerprint density at radius 3 is 2.25 bits per heavy atom. The molecule has 0 N–H and O–H groups in total. The van der Waals surface area contributed by atoms with Crippen LogP contribution in [0.2, 0.25) is 0 Å². The molecule has 10 heteroatoms. The quantitative estimate of drug-likeness (QED) is 0.528. The van der Waals surface area contributed by atoms with Gasteiger partial charge < -0.3 is 9.64 Å². The first-order chi connectivity index (χ1) is 13.0. The van der Waals surface area contributed by atoms with Gasteiger partial charge in [0.05, 0.1) is 0 Å². The molecule has 0 spiro atoms. The number of amides is 1. The van der Waals surface area contributed by atoms with Gasteiger partial charge >= 0.3 is 18.4 Å². The molecule has 3 rings (SSSR count). The van der Waals surface area contributed by atoms with Gasteiger partial charge in [0.25, 0.3) is 6.10 Å². The third kappa shape index (κ3) is 4.80. The van der Waals surface area contributed by atoms with Gasteiger partial charge in [-0.15, -0.1) is 5.73 Å². The predicted molar refractivity (Wildman–Crippen MR) is 87.2 cm³/mol. The van der Waals surface area contributed by atoms with E-state index in [1.165, 1.54) is 0 Å². The van der Waals surface area contributed by atoms with Gasteiger partial charge in [-0.05, 0) is 35.6 Å². The van der Waals surface area contributed by atoms with Crippen molar-refractivity contribution >= 4 is 6.09 Å². The fourth-order valence-corrected chi connectivity index (χ4v) is 3.72. The summed E-state index contributed by atoms with van der Waals surface area (Å²) in [6.07, 6.45) is -7.79. The Morgan fingerprint density at radius 1 is 1.07 bits per heavy atom. The van der Waals surface area contributed by atoms with Crippen molar-refractivity contribution in [1.82, 2.24) is 9.80 Å². The van der Waals surface area contributed by atoms with Crippen molar-refractivity contribution in [1.29, 1.82) is 0 Å². The summed E-state index contributed by atoms with van der Waals surface area (Å²) in [4.78, 5) is 15.0. The molecular formula is C18H18F6N2O2. The molecular weight excluding hydrogens is 390 g/mol. The molecule has 2 saturated heterocycles. The Bertz CT molecular complexity index is 705. The smallest absolute Gasteiger partial charge is 0.426 e. The normalized spacial score (nSPS) is 25.2. The lowest BCUT2D eigenvalue weighted by Gasteiger charge is -2.26. The highest BCUT2D eigenvalue weighted by atomic mass is 19.4. The number of carbonyl (C=O) groups is 1. The SMILES string of the molecule is O=C(OC(C(F)(F)F)C(F)(F)F)N1CC2CN(CC3=CC=C=CC=C3)CC2C1. The molecule has 0 aromatic rings. The fourth-order valence-electron chi connectivity index (χ4n) is 3.72. The van der Waals surface area contributed by atoms with Gasteiger partial charge in [-0.25, -0.2) is 4.79 Å². The molecule has 0 saturated carbocycles. The average Bonchev–Trinajstić information content (AvgIpc) is 3.00. The van der Waals surface area contributed by atoms with Gasteiger partial charge in [0, 0.05) is 32.7 Å². The van der Waals surface area contributed by atoms with Crippen molar-refractivity contribution in [2.45, 2.75) is 18.5 Å². The summed E-state index contributed by atoms with van der Waals surface area (Å²) >= 11 is 0. The van der Waals surface area contributed by atoms with Crippen LogP contribution in [0.4, 0.5) is 31.1 Å². The molecule has 1 aliphatic carbocycles. The number of ether oxygens (including phenoxy) is 1. The first-order valence-electron chi connectivity index (χ1n) is 8.63. The number of allylic oxidation sites excluding steroid dienone is 3. The summed E-state index contributed by atoms with van der Waals surface area (Å²) < 4.78 is 79.1. The van der Waals surface area contributed by atoms with E-state index in [1.807, 2.05) is 18.2 Å². The first kappa shape index (κ1) is 20.5. The Balaban J connectivity index is 1.54. The Labute approximate surface area is 157 Å². The van der Waals surface area contributed by atoms with Crippen LogP contribution in [0.1, 0.15) is 0 Å². The van der Waals surface area contributed by atoms with E-state index in [0.717, 1.165) is 10.5 Å². The third-order valence-electron chi connectivity index (χ3n) is 4.94. The Morgan fingerprint density at radius 2 is 1.68 bits per heavy atom. The molecule has 2 unspecified atom stereocenters. The maximum atomic E-state index is 12.6. The van der Waals surface area contributed by atoms with E-state index in [0.29, 0.717) is 19.6 Å². The number of halogens is 6. The number of fused-ring (bicyclic) bond motifs is 1. The maximum absolute atomic E-state index is 12.6. The van der Waals surface area contributed by atoms with E-state index < -0.39 is 24.5 Å². The number of carbonyl (C=O) groups excluding carboxylic acids is 1. The molecule has 3 aliphatic rings. The largest absolute Gasteiger partial charge is 0.434 e.